The largest absolute Gasteiger partial charge is 0.502 e. The summed E-state index contributed by atoms with van der Waals surface area (Å²) in [5.74, 6) is -1.06. The number of benzene rings is 2. The molecule has 232 valence electrons. The van der Waals surface area contributed by atoms with Gasteiger partial charge in [0.15, 0.2) is 5.76 Å². The first-order chi connectivity index (χ1) is 21.7. The Kier molecular flexibility index (Phi) is 8.27. The smallest absolute Gasteiger partial charge is 0.343 e. The zero-order valence-corrected chi connectivity index (χ0v) is 24.7. The molecule has 1 saturated heterocycles. The lowest BCUT2D eigenvalue weighted by Gasteiger charge is -2.42. The molecule has 0 unspecified atom stereocenters. The molecule has 4 aromatic rings. The summed E-state index contributed by atoms with van der Waals surface area (Å²) in [6.07, 6.45) is 0.751. The van der Waals surface area contributed by atoms with Crippen molar-refractivity contribution in [3.63, 3.8) is 0 Å². The number of rotatable bonds is 9. The molecule has 11 heteroatoms. The van der Waals surface area contributed by atoms with Crippen LogP contribution in [0, 0.1) is 5.92 Å². The van der Waals surface area contributed by atoms with Crippen LogP contribution in [0.3, 0.4) is 0 Å². The predicted molar refractivity (Wildman–Crippen MR) is 164 cm³/mol. The van der Waals surface area contributed by atoms with Crippen molar-refractivity contribution in [2.75, 3.05) is 20.2 Å². The molecule has 3 N–H and O–H groups in total. The van der Waals surface area contributed by atoms with E-state index >= 15 is 0 Å². The van der Waals surface area contributed by atoms with Gasteiger partial charge in [0.1, 0.15) is 17.3 Å². The fourth-order valence-electron chi connectivity index (χ4n) is 6.44. The van der Waals surface area contributed by atoms with Crippen molar-refractivity contribution in [1.82, 2.24) is 9.47 Å². The van der Waals surface area contributed by atoms with E-state index < -0.39 is 29.0 Å². The van der Waals surface area contributed by atoms with Crippen molar-refractivity contribution in [3.05, 3.63) is 122 Å². The Morgan fingerprint density at radius 3 is 2.44 bits per heavy atom. The van der Waals surface area contributed by atoms with Crippen LogP contribution in [0.5, 0.6) is 17.2 Å². The Balaban J connectivity index is 1.22. The lowest BCUT2D eigenvalue weighted by atomic mass is 9.83. The average molecular weight is 612 g/mol. The number of piperidine rings is 1. The Hall–Kier alpha value is -5.16. The van der Waals surface area contributed by atoms with E-state index in [2.05, 4.69) is 4.90 Å². The van der Waals surface area contributed by atoms with Crippen LogP contribution in [0.2, 0.25) is 0 Å². The van der Waals surface area contributed by atoms with Gasteiger partial charge in [-0.15, -0.1) is 0 Å². The van der Waals surface area contributed by atoms with Crippen LogP contribution in [0.4, 0.5) is 0 Å². The van der Waals surface area contributed by atoms with Crippen molar-refractivity contribution in [2.24, 2.45) is 11.7 Å². The minimum atomic E-state index is -0.860. The van der Waals surface area contributed by atoms with Crippen LogP contribution in [-0.2, 0) is 17.9 Å². The van der Waals surface area contributed by atoms with E-state index in [1.807, 2.05) is 10.6 Å². The van der Waals surface area contributed by atoms with Crippen molar-refractivity contribution >= 4 is 11.9 Å². The van der Waals surface area contributed by atoms with Gasteiger partial charge in [-0.1, -0.05) is 18.2 Å². The third kappa shape index (κ3) is 6.39. The van der Waals surface area contributed by atoms with Crippen molar-refractivity contribution < 1.29 is 28.6 Å². The molecule has 1 amide bonds. The van der Waals surface area contributed by atoms with E-state index in [9.17, 15) is 24.3 Å². The third-order valence-electron chi connectivity index (χ3n) is 8.48. The second-order valence-corrected chi connectivity index (χ2v) is 11.6. The number of esters is 1. The molecule has 2 aliphatic rings. The number of primary amides is 1. The summed E-state index contributed by atoms with van der Waals surface area (Å²) in [7, 11) is 1.53. The average Bonchev–Trinajstić information content (AvgIpc) is 3.02. The second-order valence-electron chi connectivity index (χ2n) is 11.6. The second kappa shape index (κ2) is 12.4. The van der Waals surface area contributed by atoms with Gasteiger partial charge in [-0.05, 0) is 60.4 Å². The van der Waals surface area contributed by atoms with E-state index in [0.717, 1.165) is 18.7 Å². The summed E-state index contributed by atoms with van der Waals surface area (Å²) in [5, 5.41) is 10.8. The maximum atomic E-state index is 12.9. The van der Waals surface area contributed by atoms with Gasteiger partial charge in [0.2, 0.25) is 17.1 Å². The van der Waals surface area contributed by atoms with Crippen molar-refractivity contribution in [1.29, 1.82) is 0 Å². The van der Waals surface area contributed by atoms with Gasteiger partial charge in [-0.2, -0.15) is 0 Å². The number of nitrogens with two attached hydrogens (primary N) is 1. The maximum absolute atomic E-state index is 12.9. The number of hydrogen-bond donors (Lipinski definition) is 2. The Morgan fingerprint density at radius 2 is 1.73 bits per heavy atom. The lowest BCUT2D eigenvalue weighted by molar-refractivity contribution is -0.118. The van der Waals surface area contributed by atoms with Crippen LogP contribution in [0.25, 0.3) is 0 Å². The first kappa shape index (κ1) is 29.9. The molecule has 1 fully saturated rings. The van der Waals surface area contributed by atoms with Crippen LogP contribution < -0.4 is 26.2 Å². The number of nitrogens with zero attached hydrogens (tertiary/aromatic N) is 2. The quantitative estimate of drug-likeness (QED) is 0.214. The lowest BCUT2D eigenvalue weighted by Crippen LogP contribution is -2.46. The third-order valence-corrected chi connectivity index (χ3v) is 8.48. The molecule has 2 bridgehead atoms. The maximum Gasteiger partial charge on any atom is 0.343 e. The van der Waals surface area contributed by atoms with Crippen molar-refractivity contribution in [2.45, 2.75) is 37.8 Å². The first-order valence-corrected chi connectivity index (χ1v) is 14.7. The highest BCUT2D eigenvalue weighted by Crippen LogP contribution is 2.37. The van der Waals surface area contributed by atoms with Crippen LogP contribution in [0.15, 0.2) is 86.8 Å². The van der Waals surface area contributed by atoms with E-state index in [-0.39, 0.29) is 35.3 Å². The zero-order valence-electron chi connectivity index (χ0n) is 24.7. The number of aromatic hydroxyl groups is 1. The number of pyridine rings is 1. The SMILES string of the molecule is COc1ccc(C(=O)Oc2ccc([C@@H](CC(N)=O)c3oc(CN4C[C@H]5C[C@@H](C4)c4cccc(=O)n4C5)cc(=O)c3O)cc2)cc1. The number of hydrogen-bond acceptors (Lipinski definition) is 9. The Morgan fingerprint density at radius 1 is 1.00 bits per heavy atom. The van der Waals surface area contributed by atoms with E-state index in [4.69, 9.17) is 19.6 Å². The van der Waals surface area contributed by atoms with E-state index in [1.54, 1.807) is 60.7 Å². The molecule has 4 heterocycles. The fourth-order valence-corrected chi connectivity index (χ4v) is 6.44. The Labute approximate surface area is 258 Å². The predicted octanol–water partition coefficient (Wildman–Crippen LogP) is 3.36. The fraction of sp³-hybridized carbons (Fsp3) is 0.294. The summed E-state index contributed by atoms with van der Waals surface area (Å²) in [4.78, 5) is 52.2. The number of carbonyl (C=O) groups excluding carboxylic acids is 2. The summed E-state index contributed by atoms with van der Waals surface area (Å²) < 4.78 is 18.6. The number of ether oxygens (including phenoxy) is 2. The molecule has 2 aliphatic heterocycles. The highest BCUT2D eigenvalue weighted by Gasteiger charge is 2.35. The first-order valence-electron chi connectivity index (χ1n) is 14.7. The topological polar surface area (TPSA) is 154 Å². The van der Waals surface area contributed by atoms with E-state index in [0.29, 0.717) is 42.3 Å². The molecule has 11 nitrogen and oxygen atoms in total. The molecule has 2 aromatic carbocycles. The molecule has 6 rings (SSSR count). The summed E-state index contributed by atoms with van der Waals surface area (Å²) in [6.45, 7) is 2.36. The number of likely N-dealkylation sites (tertiary alicyclic amines) is 1. The number of fused-ring (bicyclic) bond motifs is 4. The zero-order chi connectivity index (χ0) is 31.7. The van der Waals surface area contributed by atoms with Crippen LogP contribution in [-0.4, -0.2) is 46.6 Å². The normalized spacial score (nSPS) is 18.1. The number of carbonyl (C=O) groups is 2. The van der Waals surface area contributed by atoms with Crippen LogP contribution in [0.1, 0.15) is 57.8 Å². The highest BCUT2D eigenvalue weighted by atomic mass is 16.5. The summed E-state index contributed by atoms with van der Waals surface area (Å²) in [6, 6.07) is 19.5. The van der Waals surface area contributed by atoms with Crippen LogP contribution >= 0.6 is 0 Å². The van der Waals surface area contributed by atoms with Gasteiger partial charge in [0.25, 0.3) is 5.56 Å². The molecule has 2 aromatic heterocycles. The molecule has 45 heavy (non-hydrogen) atoms. The summed E-state index contributed by atoms with van der Waals surface area (Å²) >= 11 is 0. The standard InChI is InChI=1S/C34H33N3O8/c1-43-24-9-7-22(8-10-24)34(42)45-25-11-5-21(6-12-25)27(15-30(35)39)33-32(41)29(38)14-26(44-33)19-36-16-20-13-23(18-36)28-3-2-4-31(40)37(28)17-20/h2-12,14,20,23,27,41H,13,15-19H2,1H3,(H2,35,39)/t20-,23+,27-/m1/s1. The minimum absolute atomic E-state index is 0.00810. The number of methoxy groups -OCH3 is 1. The molecule has 0 saturated carbocycles. The number of amides is 1. The van der Waals surface area contributed by atoms with E-state index in [1.165, 1.54) is 13.2 Å². The highest BCUT2D eigenvalue weighted by molar-refractivity contribution is 5.91. The van der Waals surface area contributed by atoms with Gasteiger partial charge in [-0.25, -0.2) is 4.79 Å². The summed E-state index contributed by atoms with van der Waals surface area (Å²) in [5.41, 5.74) is 6.84. The molecule has 3 atom stereocenters. The monoisotopic (exact) mass is 611 g/mol. The molecule has 0 aliphatic carbocycles. The molecular weight excluding hydrogens is 578 g/mol. The van der Waals surface area contributed by atoms with Gasteiger partial charge >= 0.3 is 5.97 Å². The van der Waals surface area contributed by atoms with Gasteiger partial charge in [0.05, 0.1) is 25.1 Å². The van der Waals surface area contributed by atoms with Gasteiger partial charge in [-0.3, -0.25) is 19.3 Å². The Bertz CT molecular complexity index is 1850. The van der Waals surface area contributed by atoms with Crippen molar-refractivity contribution in [3.8, 4) is 17.2 Å². The molecule has 0 radical (unpaired) electrons. The molecule has 0 spiro atoms. The minimum Gasteiger partial charge on any atom is -0.502 e. The van der Waals surface area contributed by atoms with Gasteiger partial charge < -0.3 is 29.3 Å². The molecular formula is C34H33N3O8. The number of aromatic nitrogens is 1. The van der Waals surface area contributed by atoms with Gasteiger partial charge in [0, 0.05) is 49.8 Å².